The third-order valence-corrected chi connectivity index (χ3v) is 6.75. The van der Waals surface area contributed by atoms with Gasteiger partial charge in [0.25, 0.3) is 5.60 Å². The molecule has 8 nitrogen and oxygen atoms in total. The van der Waals surface area contributed by atoms with Crippen molar-refractivity contribution < 1.29 is 38.4 Å². The average molecular weight is 394 g/mol. The second kappa shape index (κ2) is 4.36. The largest absolute Gasteiger partial charge is 0.446 e. The van der Waals surface area contributed by atoms with Gasteiger partial charge in [-0.3, -0.25) is 9.59 Å². The van der Waals surface area contributed by atoms with Crippen LogP contribution < -0.4 is 9.47 Å². The fourth-order valence-corrected chi connectivity index (χ4v) is 5.44. The van der Waals surface area contributed by atoms with Crippen LogP contribution in [0.5, 0.6) is 11.5 Å². The van der Waals surface area contributed by atoms with E-state index >= 15 is 0 Å². The van der Waals surface area contributed by atoms with E-state index in [4.69, 9.17) is 23.7 Å². The van der Waals surface area contributed by atoms with Gasteiger partial charge >= 0.3 is 5.79 Å². The highest BCUT2D eigenvalue weighted by Crippen LogP contribution is 2.74. The number of methoxy groups -OCH3 is 1. The Labute approximate surface area is 163 Å². The predicted octanol–water partition coefficient (Wildman–Crippen LogP) is 0.639. The summed E-state index contributed by atoms with van der Waals surface area (Å²) in [5.41, 5.74) is -3.93. The molecular weight excluding hydrogens is 380 g/mol. The number of ether oxygens (including phenoxy) is 5. The maximum atomic E-state index is 13.2. The summed E-state index contributed by atoms with van der Waals surface area (Å²) in [7, 11) is 1.24. The molecule has 0 aromatic heterocycles. The maximum Gasteiger partial charge on any atom is 0.321 e. The van der Waals surface area contributed by atoms with E-state index in [2.05, 4.69) is 0 Å². The lowest BCUT2D eigenvalue weighted by Gasteiger charge is -2.46. The zero-order valence-corrected chi connectivity index (χ0v) is 15.1. The normalized spacial score (nSPS) is 41.9. The van der Waals surface area contributed by atoms with Crippen molar-refractivity contribution >= 4 is 22.3 Å². The highest BCUT2D eigenvalue weighted by Gasteiger charge is 3.04. The summed E-state index contributed by atoms with van der Waals surface area (Å²) >= 11 is 0. The molecule has 1 N–H and O–H groups in total. The van der Waals surface area contributed by atoms with Crippen LogP contribution >= 0.6 is 0 Å². The van der Waals surface area contributed by atoms with E-state index in [1.165, 1.54) is 7.11 Å². The first-order chi connectivity index (χ1) is 14.0. The molecule has 0 unspecified atom stereocenters. The molecule has 7 rings (SSSR count). The molecule has 2 aromatic rings. The lowest BCUT2D eigenvalue weighted by Crippen LogP contribution is -2.76. The number of carbonyl (C=O) groups is 2. The van der Waals surface area contributed by atoms with Crippen LogP contribution in [0.3, 0.4) is 0 Å². The predicted molar refractivity (Wildman–Crippen MR) is 94.3 cm³/mol. The van der Waals surface area contributed by atoms with Gasteiger partial charge in [-0.1, -0.05) is 24.3 Å². The molecule has 0 amide bonds. The molecule has 1 spiro atoms. The van der Waals surface area contributed by atoms with Gasteiger partial charge < -0.3 is 28.8 Å². The Bertz CT molecular complexity index is 1160. The van der Waals surface area contributed by atoms with Gasteiger partial charge in [0, 0.05) is 7.11 Å². The smallest absolute Gasteiger partial charge is 0.321 e. The van der Waals surface area contributed by atoms with Crippen LogP contribution in [0.1, 0.15) is 0 Å². The molecule has 2 aromatic carbocycles. The fourth-order valence-electron chi connectivity index (χ4n) is 5.44. The van der Waals surface area contributed by atoms with Gasteiger partial charge in [-0.2, -0.15) is 0 Å². The molecular formula is C21H14O8. The monoisotopic (exact) mass is 394 g/mol. The third kappa shape index (κ3) is 1.35. The van der Waals surface area contributed by atoms with Gasteiger partial charge in [-0.25, -0.2) is 0 Å². The van der Waals surface area contributed by atoms with Gasteiger partial charge in [-0.05, 0) is 29.7 Å². The quantitative estimate of drug-likeness (QED) is 0.555. The van der Waals surface area contributed by atoms with Crippen molar-refractivity contribution in [3.05, 3.63) is 48.6 Å². The van der Waals surface area contributed by atoms with Crippen molar-refractivity contribution in [3.63, 3.8) is 0 Å². The van der Waals surface area contributed by atoms with E-state index in [1.807, 2.05) is 24.3 Å². The van der Waals surface area contributed by atoms with Crippen molar-refractivity contribution in [2.24, 2.45) is 0 Å². The molecule has 3 fully saturated rings. The van der Waals surface area contributed by atoms with Crippen molar-refractivity contribution in [2.45, 2.75) is 35.0 Å². The zero-order chi connectivity index (χ0) is 19.8. The van der Waals surface area contributed by atoms with Crippen molar-refractivity contribution in [3.8, 4) is 11.5 Å². The molecule has 8 heteroatoms. The number of aliphatic hydroxyl groups is 1. The number of hydrogen-bond acceptors (Lipinski definition) is 8. The second-order valence-corrected chi connectivity index (χ2v) is 7.89. The maximum absolute atomic E-state index is 13.2. The number of fused-ring (bicyclic) bond motifs is 2. The van der Waals surface area contributed by atoms with Crippen molar-refractivity contribution in [1.82, 2.24) is 0 Å². The van der Waals surface area contributed by atoms with Crippen LogP contribution in [0.4, 0.5) is 0 Å². The molecule has 5 aliphatic rings. The molecule has 1 saturated carbocycles. The topological polar surface area (TPSA) is 107 Å². The first-order valence-corrected chi connectivity index (χ1v) is 9.25. The van der Waals surface area contributed by atoms with Gasteiger partial charge in [-0.15, -0.1) is 0 Å². The minimum atomic E-state index is -2.14. The van der Waals surface area contributed by atoms with E-state index in [0.717, 1.165) is 22.9 Å². The molecule has 0 radical (unpaired) electrons. The number of benzene rings is 2. The van der Waals surface area contributed by atoms with E-state index in [0.29, 0.717) is 11.5 Å². The minimum absolute atomic E-state index is 0.482. The zero-order valence-electron chi connectivity index (χ0n) is 15.1. The van der Waals surface area contributed by atoms with Gasteiger partial charge in [0.1, 0.15) is 17.6 Å². The summed E-state index contributed by atoms with van der Waals surface area (Å²) in [5.74, 6) is -4.10. The summed E-state index contributed by atoms with van der Waals surface area (Å²) in [5, 5.41) is 12.9. The Morgan fingerprint density at radius 2 is 1.55 bits per heavy atom. The van der Waals surface area contributed by atoms with Crippen LogP contribution in [0.15, 0.2) is 48.6 Å². The van der Waals surface area contributed by atoms with E-state index in [-0.39, 0.29) is 0 Å². The summed E-state index contributed by atoms with van der Waals surface area (Å²) in [6, 6.07) is 11.0. The number of hydrogen-bond donors (Lipinski definition) is 1. The van der Waals surface area contributed by atoms with Crippen LogP contribution in [0.2, 0.25) is 0 Å². The highest BCUT2D eigenvalue weighted by molar-refractivity contribution is 6.20. The number of epoxide rings is 2. The molecule has 5 atom stereocenters. The van der Waals surface area contributed by atoms with Crippen LogP contribution in [0.25, 0.3) is 10.8 Å². The van der Waals surface area contributed by atoms with Crippen molar-refractivity contribution in [1.29, 1.82) is 0 Å². The SMILES string of the molecule is CO[C@@]1(O)[C@H]2O[C@@H]2C2(Oc3cccc4cccc(c34)O2)[C@@]23O[C@@]12C(=O)C=CC3=O. The second-order valence-electron chi connectivity index (χ2n) is 7.89. The Hall–Kier alpha value is -2.78. The summed E-state index contributed by atoms with van der Waals surface area (Å²) in [4.78, 5) is 26.1. The molecule has 29 heavy (non-hydrogen) atoms. The number of carbonyl (C=O) groups excluding carboxylic acids is 2. The van der Waals surface area contributed by atoms with Crippen LogP contribution in [0, 0.1) is 0 Å². The first kappa shape index (κ1) is 16.1. The van der Waals surface area contributed by atoms with Crippen LogP contribution in [-0.2, 0) is 23.8 Å². The fraction of sp³-hybridized carbons (Fsp3) is 0.333. The molecule has 2 saturated heterocycles. The Morgan fingerprint density at radius 1 is 0.931 bits per heavy atom. The Balaban J connectivity index is 1.51. The summed E-state index contributed by atoms with van der Waals surface area (Å²) in [6.45, 7) is 0. The standard InChI is InChI=1S/C21H14O8/c1-25-20(24)16-17(26-16)21(19-14(23)9-8-13(22)18(19,20)29-19)27-11-6-2-4-10-5-3-7-12(28-21)15(10)11/h2-9,16-17,24H,1H3/t16-,17-,18+,19-,20-/m0/s1. The molecule has 3 heterocycles. The summed E-state index contributed by atoms with van der Waals surface area (Å²) in [6.07, 6.45) is 0.374. The lowest BCUT2D eigenvalue weighted by atomic mass is 9.65. The molecule has 0 bridgehead atoms. The average Bonchev–Trinajstić information content (AvgIpc) is 3.63. The molecule has 2 aliphatic carbocycles. The van der Waals surface area contributed by atoms with Gasteiger partial charge in [0.15, 0.2) is 17.7 Å². The third-order valence-electron chi connectivity index (χ3n) is 6.75. The van der Waals surface area contributed by atoms with Gasteiger partial charge in [0.2, 0.25) is 11.4 Å². The van der Waals surface area contributed by atoms with E-state index < -0.39 is 46.6 Å². The minimum Gasteiger partial charge on any atom is -0.446 e. The number of rotatable bonds is 1. The molecule has 3 aliphatic heterocycles. The van der Waals surface area contributed by atoms with E-state index in [1.54, 1.807) is 12.1 Å². The number of ketones is 2. The summed E-state index contributed by atoms with van der Waals surface area (Å²) < 4.78 is 29.5. The van der Waals surface area contributed by atoms with Crippen LogP contribution in [-0.4, -0.2) is 58.8 Å². The van der Waals surface area contributed by atoms with Crippen molar-refractivity contribution in [2.75, 3.05) is 7.11 Å². The lowest BCUT2D eigenvalue weighted by molar-refractivity contribution is -0.249. The molecule has 146 valence electrons. The Morgan fingerprint density at radius 3 is 2.17 bits per heavy atom. The Kier molecular flexibility index (Phi) is 2.42. The first-order valence-electron chi connectivity index (χ1n) is 9.25. The van der Waals surface area contributed by atoms with E-state index in [9.17, 15) is 14.7 Å². The van der Waals surface area contributed by atoms with Gasteiger partial charge in [0.05, 0.1) is 5.39 Å². The highest BCUT2D eigenvalue weighted by atomic mass is 16.8.